The summed E-state index contributed by atoms with van der Waals surface area (Å²) in [5.74, 6) is -0.0429. The highest BCUT2D eigenvalue weighted by atomic mass is 16.5. The molecule has 1 aromatic carbocycles. The van der Waals surface area contributed by atoms with Crippen molar-refractivity contribution in [2.75, 3.05) is 31.6 Å². The van der Waals surface area contributed by atoms with Crippen LogP contribution < -0.4 is 5.32 Å². The zero-order chi connectivity index (χ0) is 15.5. The van der Waals surface area contributed by atoms with Gasteiger partial charge in [0, 0.05) is 18.8 Å². The Morgan fingerprint density at radius 1 is 1.48 bits per heavy atom. The quantitative estimate of drug-likeness (QED) is 0.881. The summed E-state index contributed by atoms with van der Waals surface area (Å²) in [6.07, 6.45) is -0.236. The number of morpholine rings is 1. The number of ether oxygens (including phenoxy) is 1. The topological polar surface area (TPSA) is 61.8 Å². The first-order valence-corrected chi connectivity index (χ1v) is 7.26. The Morgan fingerprint density at radius 2 is 2.19 bits per heavy atom. The Kier molecular flexibility index (Phi) is 4.98. The Morgan fingerprint density at radius 3 is 2.86 bits per heavy atom. The van der Waals surface area contributed by atoms with Crippen molar-refractivity contribution < 1.29 is 14.6 Å². The molecule has 1 saturated heterocycles. The van der Waals surface area contributed by atoms with Gasteiger partial charge in [-0.25, -0.2) is 0 Å². The molecule has 1 aliphatic rings. The highest BCUT2D eigenvalue weighted by molar-refractivity contribution is 5.92. The van der Waals surface area contributed by atoms with Gasteiger partial charge in [-0.2, -0.15) is 0 Å². The van der Waals surface area contributed by atoms with E-state index in [0.717, 1.165) is 11.3 Å². The Bertz CT molecular complexity index is 502. The number of carbonyl (C=O) groups is 1. The van der Waals surface area contributed by atoms with E-state index in [2.05, 4.69) is 5.32 Å². The summed E-state index contributed by atoms with van der Waals surface area (Å²) < 4.78 is 5.75. The third-order valence-corrected chi connectivity index (χ3v) is 3.54. The van der Waals surface area contributed by atoms with Crippen LogP contribution in [0.3, 0.4) is 0 Å². The molecule has 21 heavy (non-hydrogen) atoms. The van der Waals surface area contributed by atoms with Crippen LogP contribution in [-0.2, 0) is 9.53 Å². The summed E-state index contributed by atoms with van der Waals surface area (Å²) in [5, 5.41) is 12.2. The molecule has 1 unspecified atom stereocenters. The van der Waals surface area contributed by atoms with Crippen LogP contribution in [0.5, 0.6) is 0 Å². The molecule has 2 N–H and O–H groups in total. The number of hydrogen-bond donors (Lipinski definition) is 2. The predicted molar refractivity (Wildman–Crippen MR) is 82.3 cm³/mol. The molecule has 5 nitrogen and oxygen atoms in total. The normalized spacial score (nSPS) is 22.0. The van der Waals surface area contributed by atoms with E-state index in [1.54, 1.807) is 0 Å². The maximum Gasteiger partial charge on any atom is 0.238 e. The zero-order valence-corrected chi connectivity index (χ0v) is 12.9. The van der Waals surface area contributed by atoms with Gasteiger partial charge in [-0.1, -0.05) is 18.2 Å². The number of anilines is 1. The fourth-order valence-electron chi connectivity index (χ4n) is 2.74. The molecule has 1 heterocycles. The molecule has 0 aliphatic carbocycles. The van der Waals surface area contributed by atoms with E-state index >= 15 is 0 Å². The lowest BCUT2D eigenvalue weighted by Crippen LogP contribution is -2.55. The van der Waals surface area contributed by atoms with E-state index in [1.165, 1.54) is 0 Å². The van der Waals surface area contributed by atoms with Crippen LogP contribution in [0.25, 0.3) is 0 Å². The smallest absolute Gasteiger partial charge is 0.238 e. The van der Waals surface area contributed by atoms with Crippen LogP contribution in [0.4, 0.5) is 5.69 Å². The molecule has 1 aromatic rings. The van der Waals surface area contributed by atoms with Crippen molar-refractivity contribution in [2.45, 2.75) is 32.5 Å². The van der Waals surface area contributed by atoms with E-state index < -0.39 is 0 Å². The van der Waals surface area contributed by atoms with Gasteiger partial charge in [-0.15, -0.1) is 0 Å². The number of hydrogen-bond acceptors (Lipinski definition) is 4. The van der Waals surface area contributed by atoms with E-state index in [0.29, 0.717) is 19.6 Å². The fraction of sp³-hybridized carbons (Fsp3) is 0.562. The fourth-order valence-corrected chi connectivity index (χ4v) is 2.74. The third-order valence-electron chi connectivity index (χ3n) is 3.54. The number of para-hydroxylation sites is 1. The SMILES string of the molecule is Cc1ccccc1NC(=O)CN1CC(CO)OC(C)(C)C1. The Labute approximate surface area is 125 Å². The molecular formula is C16H24N2O3. The van der Waals surface area contributed by atoms with E-state index in [9.17, 15) is 9.90 Å². The second-order valence-corrected chi connectivity index (χ2v) is 6.21. The lowest BCUT2D eigenvalue weighted by molar-refractivity contribution is -0.151. The first-order chi connectivity index (χ1) is 9.89. The number of nitrogens with one attached hydrogen (secondary N) is 1. The summed E-state index contributed by atoms with van der Waals surface area (Å²) in [5.41, 5.74) is 1.53. The van der Waals surface area contributed by atoms with Gasteiger partial charge in [0.25, 0.3) is 0 Å². The van der Waals surface area contributed by atoms with Gasteiger partial charge in [0.05, 0.1) is 24.9 Å². The standard InChI is InChI=1S/C16H24N2O3/c1-12-6-4-5-7-14(12)17-15(20)9-18-8-13(10-19)21-16(2,3)11-18/h4-7,13,19H,8-11H2,1-3H3,(H,17,20). The summed E-state index contributed by atoms with van der Waals surface area (Å²) in [7, 11) is 0. The molecule has 0 spiro atoms. The number of benzene rings is 1. The van der Waals surface area contributed by atoms with Crippen molar-refractivity contribution in [1.82, 2.24) is 4.90 Å². The molecule has 1 fully saturated rings. The van der Waals surface area contributed by atoms with Gasteiger partial charge in [0.2, 0.25) is 5.91 Å². The maximum atomic E-state index is 12.2. The van der Waals surface area contributed by atoms with Gasteiger partial charge in [-0.05, 0) is 32.4 Å². The van der Waals surface area contributed by atoms with Gasteiger partial charge < -0.3 is 15.2 Å². The molecule has 2 rings (SSSR count). The summed E-state index contributed by atoms with van der Waals surface area (Å²) in [4.78, 5) is 14.2. The van der Waals surface area contributed by atoms with Crippen molar-refractivity contribution in [3.8, 4) is 0 Å². The number of nitrogens with zero attached hydrogens (tertiary/aromatic N) is 1. The zero-order valence-electron chi connectivity index (χ0n) is 12.9. The average Bonchev–Trinajstić information content (AvgIpc) is 2.39. The van der Waals surface area contributed by atoms with Crippen LogP contribution in [0.15, 0.2) is 24.3 Å². The van der Waals surface area contributed by atoms with Crippen molar-refractivity contribution >= 4 is 11.6 Å². The van der Waals surface area contributed by atoms with Gasteiger partial charge >= 0.3 is 0 Å². The van der Waals surface area contributed by atoms with Crippen molar-refractivity contribution in [3.63, 3.8) is 0 Å². The molecular weight excluding hydrogens is 268 g/mol. The minimum absolute atomic E-state index is 0.0284. The number of amides is 1. The molecule has 1 aliphatic heterocycles. The first-order valence-electron chi connectivity index (χ1n) is 7.26. The molecule has 0 aromatic heterocycles. The molecule has 0 radical (unpaired) electrons. The van der Waals surface area contributed by atoms with Gasteiger partial charge in [0.15, 0.2) is 0 Å². The number of aryl methyl sites for hydroxylation is 1. The van der Waals surface area contributed by atoms with Crippen molar-refractivity contribution in [1.29, 1.82) is 0 Å². The Balaban J connectivity index is 1.94. The number of aliphatic hydroxyl groups is 1. The minimum Gasteiger partial charge on any atom is -0.394 e. The molecule has 5 heteroatoms. The second kappa shape index (κ2) is 6.56. The van der Waals surface area contributed by atoms with Crippen LogP contribution in [0.1, 0.15) is 19.4 Å². The largest absolute Gasteiger partial charge is 0.394 e. The van der Waals surface area contributed by atoms with Gasteiger partial charge in [0.1, 0.15) is 0 Å². The average molecular weight is 292 g/mol. The van der Waals surface area contributed by atoms with E-state index in [4.69, 9.17) is 4.74 Å². The van der Waals surface area contributed by atoms with Crippen LogP contribution >= 0.6 is 0 Å². The van der Waals surface area contributed by atoms with E-state index in [1.807, 2.05) is 49.9 Å². The van der Waals surface area contributed by atoms with Crippen LogP contribution in [0, 0.1) is 6.92 Å². The maximum absolute atomic E-state index is 12.2. The van der Waals surface area contributed by atoms with Gasteiger partial charge in [-0.3, -0.25) is 9.69 Å². The Hall–Kier alpha value is -1.43. The lowest BCUT2D eigenvalue weighted by atomic mass is 10.1. The molecule has 1 atom stereocenters. The number of aliphatic hydroxyl groups excluding tert-OH is 1. The second-order valence-electron chi connectivity index (χ2n) is 6.21. The highest BCUT2D eigenvalue weighted by Gasteiger charge is 2.33. The molecule has 0 saturated carbocycles. The number of carbonyl (C=O) groups excluding carboxylic acids is 1. The van der Waals surface area contributed by atoms with Crippen molar-refractivity contribution in [3.05, 3.63) is 29.8 Å². The summed E-state index contributed by atoms with van der Waals surface area (Å²) in [6.45, 7) is 7.43. The minimum atomic E-state index is -0.353. The monoisotopic (exact) mass is 292 g/mol. The van der Waals surface area contributed by atoms with Crippen LogP contribution in [-0.4, -0.2) is 53.9 Å². The highest BCUT2D eigenvalue weighted by Crippen LogP contribution is 2.21. The molecule has 0 bridgehead atoms. The van der Waals surface area contributed by atoms with Crippen LogP contribution in [0.2, 0.25) is 0 Å². The first kappa shape index (κ1) is 15.9. The number of rotatable bonds is 4. The summed E-state index contributed by atoms with van der Waals surface area (Å²) >= 11 is 0. The van der Waals surface area contributed by atoms with E-state index in [-0.39, 0.29) is 24.2 Å². The predicted octanol–water partition coefficient (Wildman–Crippen LogP) is 1.41. The third kappa shape index (κ3) is 4.52. The molecule has 1 amide bonds. The lowest BCUT2D eigenvalue weighted by Gasteiger charge is -2.42. The molecule has 116 valence electrons. The summed E-state index contributed by atoms with van der Waals surface area (Å²) in [6, 6.07) is 7.71. The van der Waals surface area contributed by atoms with Crippen molar-refractivity contribution in [2.24, 2.45) is 0 Å².